The molecule has 0 bridgehead atoms. The summed E-state index contributed by atoms with van der Waals surface area (Å²) in [5.41, 5.74) is 8.14. The summed E-state index contributed by atoms with van der Waals surface area (Å²) in [6.45, 7) is 0.613. The van der Waals surface area contributed by atoms with E-state index in [1.807, 2.05) is 11.7 Å². The molecule has 0 radical (unpaired) electrons. The first-order valence-electron chi connectivity index (χ1n) is 7.26. The molecule has 0 aromatic carbocycles. The van der Waals surface area contributed by atoms with Gasteiger partial charge in [-0.2, -0.15) is 5.10 Å². The average Bonchev–Trinajstić information content (AvgIpc) is 3.07. The standard InChI is InChI=1S/C14H22N4O.ClH/c1-18-13(11-6-3-7-12(11)17-18)16-14(19)10-5-2-4-9(10)8-15;/h9-10H,2-8,15H2,1H3,(H,16,19);1H/t9-,10-;/m1./s1. The molecule has 2 atom stereocenters. The van der Waals surface area contributed by atoms with Crippen LogP contribution in [0.5, 0.6) is 0 Å². The van der Waals surface area contributed by atoms with Crippen molar-refractivity contribution in [3.8, 4) is 0 Å². The lowest BCUT2D eigenvalue weighted by Crippen LogP contribution is -2.30. The van der Waals surface area contributed by atoms with Gasteiger partial charge in [-0.1, -0.05) is 6.42 Å². The maximum absolute atomic E-state index is 12.4. The summed E-state index contributed by atoms with van der Waals surface area (Å²) in [4.78, 5) is 12.4. The van der Waals surface area contributed by atoms with E-state index < -0.39 is 0 Å². The highest BCUT2D eigenvalue weighted by Crippen LogP contribution is 2.33. The van der Waals surface area contributed by atoms with Crippen molar-refractivity contribution in [2.24, 2.45) is 24.6 Å². The first-order valence-corrected chi connectivity index (χ1v) is 7.26. The van der Waals surface area contributed by atoms with Gasteiger partial charge in [0, 0.05) is 18.5 Å². The third kappa shape index (κ3) is 2.56. The second kappa shape index (κ2) is 6.14. The highest BCUT2D eigenvalue weighted by molar-refractivity contribution is 5.93. The number of amides is 1. The van der Waals surface area contributed by atoms with Crippen molar-refractivity contribution in [3.05, 3.63) is 11.3 Å². The van der Waals surface area contributed by atoms with Gasteiger partial charge in [-0.3, -0.25) is 9.48 Å². The van der Waals surface area contributed by atoms with Crippen LogP contribution in [0.3, 0.4) is 0 Å². The molecule has 0 saturated heterocycles. The summed E-state index contributed by atoms with van der Waals surface area (Å²) in [5.74, 6) is 1.46. The Morgan fingerprint density at radius 2 is 2.20 bits per heavy atom. The lowest BCUT2D eigenvalue weighted by Gasteiger charge is -2.17. The summed E-state index contributed by atoms with van der Waals surface area (Å²) >= 11 is 0. The summed E-state index contributed by atoms with van der Waals surface area (Å²) in [5, 5.41) is 7.59. The average molecular weight is 299 g/mol. The van der Waals surface area contributed by atoms with Gasteiger partial charge in [0.05, 0.1) is 5.69 Å². The topological polar surface area (TPSA) is 72.9 Å². The largest absolute Gasteiger partial charge is 0.330 e. The molecule has 0 unspecified atom stereocenters. The molecule has 0 spiro atoms. The van der Waals surface area contributed by atoms with Crippen LogP contribution in [0.2, 0.25) is 0 Å². The van der Waals surface area contributed by atoms with E-state index in [4.69, 9.17) is 5.73 Å². The van der Waals surface area contributed by atoms with Gasteiger partial charge in [0.15, 0.2) is 0 Å². The third-order valence-corrected chi connectivity index (χ3v) is 4.61. The van der Waals surface area contributed by atoms with E-state index in [9.17, 15) is 4.79 Å². The fraction of sp³-hybridized carbons (Fsp3) is 0.714. The predicted octanol–water partition coefficient (Wildman–Crippen LogP) is 1.64. The summed E-state index contributed by atoms with van der Waals surface area (Å²) in [6.07, 6.45) is 6.38. The Morgan fingerprint density at radius 3 is 2.95 bits per heavy atom. The SMILES string of the molecule is Cl.Cn1nc2c(c1NC(=O)[C@@H]1CCC[C@@H]1CN)CCC2. The monoisotopic (exact) mass is 298 g/mol. The fourth-order valence-corrected chi connectivity index (χ4v) is 3.55. The van der Waals surface area contributed by atoms with E-state index in [-0.39, 0.29) is 24.2 Å². The lowest BCUT2D eigenvalue weighted by atomic mass is 9.95. The summed E-state index contributed by atoms with van der Waals surface area (Å²) < 4.78 is 1.81. The van der Waals surface area contributed by atoms with Crippen LogP contribution in [0, 0.1) is 11.8 Å². The molecular formula is C14H23ClN4O. The Morgan fingerprint density at radius 1 is 1.40 bits per heavy atom. The maximum atomic E-state index is 12.4. The molecule has 0 aliphatic heterocycles. The minimum atomic E-state index is 0. The molecule has 1 aromatic rings. The molecule has 2 aliphatic carbocycles. The van der Waals surface area contributed by atoms with E-state index in [2.05, 4.69) is 10.4 Å². The molecule has 6 heteroatoms. The van der Waals surface area contributed by atoms with E-state index in [1.165, 1.54) is 5.56 Å². The Labute approximate surface area is 125 Å². The summed E-state index contributed by atoms with van der Waals surface area (Å²) in [6, 6.07) is 0. The van der Waals surface area contributed by atoms with Crippen LogP contribution in [-0.4, -0.2) is 22.2 Å². The molecule has 112 valence electrons. The molecule has 3 N–H and O–H groups in total. The minimum absolute atomic E-state index is 0. The van der Waals surface area contributed by atoms with Crippen molar-refractivity contribution >= 4 is 24.1 Å². The van der Waals surface area contributed by atoms with Crippen molar-refractivity contribution < 1.29 is 4.79 Å². The van der Waals surface area contributed by atoms with Crippen molar-refractivity contribution in [2.45, 2.75) is 38.5 Å². The van der Waals surface area contributed by atoms with Crippen LogP contribution >= 0.6 is 12.4 Å². The number of hydrogen-bond acceptors (Lipinski definition) is 3. The predicted molar refractivity (Wildman–Crippen MR) is 81.0 cm³/mol. The van der Waals surface area contributed by atoms with Crippen LogP contribution in [0.25, 0.3) is 0 Å². The first-order chi connectivity index (χ1) is 9.20. The normalized spacial score (nSPS) is 24.3. The molecule has 5 nitrogen and oxygen atoms in total. The van der Waals surface area contributed by atoms with Crippen molar-refractivity contribution in [1.82, 2.24) is 9.78 Å². The zero-order valence-corrected chi connectivity index (χ0v) is 12.7. The van der Waals surface area contributed by atoms with Crippen molar-refractivity contribution in [1.29, 1.82) is 0 Å². The molecule has 1 saturated carbocycles. The Balaban J connectivity index is 0.00000147. The van der Waals surface area contributed by atoms with Gasteiger partial charge in [0.25, 0.3) is 0 Å². The van der Waals surface area contributed by atoms with Crippen molar-refractivity contribution in [3.63, 3.8) is 0 Å². The van der Waals surface area contributed by atoms with E-state index in [0.29, 0.717) is 12.5 Å². The van der Waals surface area contributed by atoms with Gasteiger partial charge in [0.2, 0.25) is 5.91 Å². The molecule has 1 heterocycles. The maximum Gasteiger partial charge on any atom is 0.228 e. The van der Waals surface area contributed by atoms with E-state index >= 15 is 0 Å². The van der Waals surface area contributed by atoms with Gasteiger partial charge in [-0.05, 0) is 44.6 Å². The number of nitrogens with one attached hydrogen (secondary N) is 1. The van der Waals surface area contributed by atoms with Gasteiger partial charge < -0.3 is 11.1 Å². The van der Waals surface area contributed by atoms with Gasteiger partial charge >= 0.3 is 0 Å². The number of aryl methyl sites for hydroxylation is 2. The minimum Gasteiger partial charge on any atom is -0.330 e. The lowest BCUT2D eigenvalue weighted by molar-refractivity contribution is -0.120. The van der Waals surface area contributed by atoms with Crippen LogP contribution in [0.1, 0.15) is 36.9 Å². The zero-order valence-electron chi connectivity index (χ0n) is 11.9. The first kappa shape index (κ1) is 15.3. The van der Waals surface area contributed by atoms with Crippen LogP contribution in [0.15, 0.2) is 0 Å². The Kier molecular flexibility index (Phi) is 4.70. The van der Waals surface area contributed by atoms with E-state index in [0.717, 1.165) is 50.0 Å². The molecule has 2 aliphatic rings. The van der Waals surface area contributed by atoms with Gasteiger partial charge in [-0.15, -0.1) is 12.4 Å². The highest BCUT2D eigenvalue weighted by atomic mass is 35.5. The van der Waals surface area contributed by atoms with E-state index in [1.54, 1.807) is 0 Å². The zero-order chi connectivity index (χ0) is 13.4. The number of hydrogen-bond donors (Lipinski definition) is 2. The Bertz CT molecular complexity index is 500. The molecule has 1 fully saturated rings. The van der Waals surface area contributed by atoms with Crippen LogP contribution < -0.4 is 11.1 Å². The number of carbonyl (C=O) groups is 1. The number of fused-ring (bicyclic) bond motifs is 1. The Hall–Kier alpha value is -1.07. The fourth-order valence-electron chi connectivity index (χ4n) is 3.55. The molecule has 1 aromatic heterocycles. The number of nitrogens with zero attached hydrogens (tertiary/aromatic N) is 2. The van der Waals surface area contributed by atoms with Crippen LogP contribution in [0.4, 0.5) is 5.82 Å². The number of halogens is 1. The number of carbonyl (C=O) groups excluding carboxylic acids is 1. The molecule has 1 amide bonds. The number of nitrogens with two attached hydrogens (primary N) is 1. The summed E-state index contributed by atoms with van der Waals surface area (Å²) in [7, 11) is 1.91. The second-order valence-electron chi connectivity index (χ2n) is 5.77. The number of aromatic nitrogens is 2. The van der Waals surface area contributed by atoms with Gasteiger partial charge in [0.1, 0.15) is 5.82 Å². The molecule has 20 heavy (non-hydrogen) atoms. The van der Waals surface area contributed by atoms with Gasteiger partial charge in [-0.25, -0.2) is 0 Å². The van der Waals surface area contributed by atoms with Crippen LogP contribution in [-0.2, 0) is 24.7 Å². The van der Waals surface area contributed by atoms with Crippen molar-refractivity contribution in [2.75, 3.05) is 11.9 Å². The quantitative estimate of drug-likeness (QED) is 0.891. The second-order valence-corrected chi connectivity index (χ2v) is 5.77. The molecular weight excluding hydrogens is 276 g/mol. The highest BCUT2D eigenvalue weighted by Gasteiger charge is 2.33. The smallest absolute Gasteiger partial charge is 0.228 e. The number of rotatable bonds is 3. The molecule has 3 rings (SSSR count). The third-order valence-electron chi connectivity index (χ3n) is 4.61. The number of anilines is 1.